The molecule has 2 aliphatic rings. The number of fused-ring (bicyclic) bond motifs is 2. The van der Waals surface area contributed by atoms with E-state index in [1.54, 1.807) is 0 Å². The zero-order valence-corrected chi connectivity index (χ0v) is 20.1. The van der Waals surface area contributed by atoms with Gasteiger partial charge in [-0.25, -0.2) is 4.39 Å². The van der Waals surface area contributed by atoms with Crippen LogP contribution in [0.5, 0.6) is 11.5 Å². The van der Waals surface area contributed by atoms with Crippen molar-refractivity contribution in [3.8, 4) is 11.5 Å². The van der Waals surface area contributed by atoms with Crippen LogP contribution in [0.3, 0.4) is 0 Å². The maximum Gasteiger partial charge on any atom is 0.586 e. The predicted molar refractivity (Wildman–Crippen MR) is 131 cm³/mol. The molecule has 2 N–H and O–H groups in total. The van der Waals surface area contributed by atoms with Crippen LogP contribution in [0.15, 0.2) is 36.3 Å². The fourth-order valence-electron chi connectivity index (χ4n) is 4.19. The Morgan fingerprint density at radius 2 is 1.92 bits per heavy atom. The van der Waals surface area contributed by atoms with Gasteiger partial charge < -0.3 is 24.3 Å². The Balaban J connectivity index is 1.72. The maximum atomic E-state index is 16.1. The van der Waals surface area contributed by atoms with Crippen molar-refractivity contribution >= 4 is 16.7 Å². The van der Waals surface area contributed by atoms with Gasteiger partial charge in [-0.05, 0) is 60.6 Å². The van der Waals surface area contributed by atoms with Crippen LogP contribution < -0.4 is 9.47 Å². The number of nitrogens with zero attached hydrogens (tertiary/aromatic N) is 1. The summed E-state index contributed by atoms with van der Waals surface area (Å²) in [5.74, 6) is -4.07. The monoisotopic (exact) mass is 527 g/mol. The number of rotatable bonds is 9. The first-order valence-corrected chi connectivity index (χ1v) is 11.4. The smallest absolute Gasteiger partial charge is 0.395 e. The molecule has 1 aromatic heterocycles. The van der Waals surface area contributed by atoms with E-state index < -0.39 is 136 Å². The molecule has 0 amide bonds. The van der Waals surface area contributed by atoms with Crippen molar-refractivity contribution in [1.82, 2.24) is 4.57 Å². The van der Waals surface area contributed by atoms with E-state index in [0.29, 0.717) is 4.57 Å². The van der Waals surface area contributed by atoms with Crippen LogP contribution in [-0.2, 0) is 28.5 Å². The summed E-state index contributed by atoms with van der Waals surface area (Å²) >= 11 is 0. The summed E-state index contributed by atoms with van der Waals surface area (Å²) in [5.41, 5.74) is -5.81. The third kappa shape index (κ3) is 4.48. The third-order valence-corrected chi connectivity index (χ3v) is 6.65. The summed E-state index contributed by atoms with van der Waals surface area (Å²) in [4.78, 5) is 13.8. The number of carbonyl (C=O) groups is 1. The molecular formula is C28H30F3NO5. The number of benzene rings is 2. The predicted octanol–water partition coefficient (Wildman–Crippen LogP) is 4.99. The highest BCUT2D eigenvalue weighted by Gasteiger charge is 2.52. The summed E-state index contributed by atoms with van der Waals surface area (Å²) in [7, 11) is 0. The molecule has 1 saturated carbocycles. The van der Waals surface area contributed by atoms with Crippen LogP contribution in [0.1, 0.15) is 70.5 Å². The van der Waals surface area contributed by atoms with E-state index in [9.17, 15) is 23.8 Å². The van der Waals surface area contributed by atoms with Crippen LogP contribution >= 0.6 is 0 Å². The topological polar surface area (TPSA) is 80.9 Å². The van der Waals surface area contributed by atoms with Crippen LogP contribution in [0.4, 0.5) is 13.2 Å². The average molecular weight is 528 g/mol. The summed E-state index contributed by atoms with van der Waals surface area (Å²) in [6.07, 6.45) is -9.62. The van der Waals surface area contributed by atoms with Crippen molar-refractivity contribution in [2.45, 2.75) is 76.1 Å². The van der Waals surface area contributed by atoms with Crippen LogP contribution in [0, 0.1) is 5.82 Å². The van der Waals surface area contributed by atoms with Gasteiger partial charge in [-0.2, -0.15) is 0 Å². The van der Waals surface area contributed by atoms with E-state index in [0.717, 1.165) is 6.92 Å². The van der Waals surface area contributed by atoms with Gasteiger partial charge in [0.1, 0.15) is 11.6 Å². The fourth-order valence-corrected chi connectivity index (χ4v) is 4.19. The molecule has 0 saturated heterocycles. The molecule has 1 fully saturated rings. The SMILES string of the molecule is [2H]c1c([2H])c(C2(C(=O)Cc3c(F)c([2H])c4c(c3[2H])c([2H])c(C(C)(C)C([2H])([2H])C)n4C([2H])([2H])[C@@H](O)CO)CC2)c([2H])c2c1OC(F)(F)O2. The summed E-state index contributed by atoms with van der Waals surface area (Å²) in [6.45, 7) is -0.449. The van der Waals surface area contributed by atoms with Crippen LogP contribution in [0.2, 0.25) is 0 Å². The van der Waals surface area contributed by atoms with Gasteiger partial charge in [0.15, 0.2) is 11.5 Å². The Bertz CT molecular complexity index is 1850. The van der Waals surface area contributed by atoms with E-state index in [-0.39, 0.29) is 12.8 Å². The first-order chi connectivity index (χ1) is 21.4. The molecule has 1 atom stereocenters. The molecule has 37 heavy (non-hydrogen) atoms. The Morgan fingerprint density at radius 1 is 1.22 bits per heavy atom. The van der Waals surface area contributed by atoms with Crippen molar-refractivity contribution in [2.75, 3.05) is 6.61 Å². The van der Waals surface area contributed by atoms with E-state index in [4.69, 9.17) is 13.7 Å². The van der Waals surface area contributed by atoms with Crippen molar-refractivity contribution in [3.05, 3.63) is 58.9 Å². The zero-order valence-electron chi connectivity index (χ0n) is 30.1. The van der Waals surface area contributed by atoms with Gasteiger partial charge in [-0.1, -0.05) is 26.8 Å². The van der Waals surface area contributed by atoms with Gasteiger partial charge in [0.2, 0.25) is 0 Å². The van der Waals surface area contributed by atoms with Crippen molar-refractivity contribution < 1.29 is 51.4 Å². The lowest BCUT2D eigenvalue weighted by atomic mass is 9.86. The molecule has 0 unspecified atom stereocenters. The van der Waals surface area contributed by atoms with Gasteiger partial charge in [0.25, 0.3) is 0 Å². The van der Waals surface area contributed by atoms with E-state index >= 15 is 4.39 Å². The molecule has 0 spiro atoms. The Morgan fingerprint density at radius 3 is 2.57 bits per heavy atom. The van der Waals surface area contributed by atoms with Crippen LogP contribution in [0.25, 0.3) is 10.9 Å². The number of ether oxygens (including phenoxy) is 2. The van der Waals surface area contributed by atoms with E-state index in [1.807, 2.05) is 0 Å². The minimum Gasteiger partial charge on any atom is -0.395 e. The number of aromatic nitrogens is 1. The lowest BCUT2D eigenvalue weighted by Gasteiger charge is -2.26. The largest absolute Gasteiger partial charge is 0.586 e. The van der Waals surface area contributed by atoms with Crippen LogP contribution in [-0.4, -0.2) is 39.6 Å². The molecule has 0 bridgehead atoms. The Labute approximate surface area is 226 Å². The first-order valence-electron chi connectivity index (χ1n) is 16.4. The molecule has 1 aliphatic heterocycles. The number of carbonyl (C=O) groups excluding carboxylic acids is 1. The van der Waals surface area contributed by atoms with Crippen molar-refractivity contribution in [1.29, 1.82) is 0 Å². The van der Waals surface area contributed by atoms with Crippen molar-refractivity contribution in [2.24, 2.45) is 0 Å². The Hall–Kier alpha value is -3.04. The summed E-state index contributed by atoms with van der Waals surface area (Å²) in [5, 5.41) is 19.5. The van der Waals surface area contributed by atoms with E-state index in [2.05, 4.69) is 9.47 Å². The second-order valence-corrected chi connectivity index (χ2v) is 9.54. The second-order valence-electron chi connectivity index (χ2n) is 9.54. The number of Topliss-reactive ketones (excluding diaryl/α,β-unsaturated/α-hetero) is 1. The first kappa shape index (κ1) is 16.0. The highest BCUT2D eigenvalue weighted by Crippen LogP contribution is 2.52. The number of halogens is 3. The maximum absolute atomic E-state index is 16.1. The number of alkyl halides is 2. The lowest BCUT2D eigenvalue weighted by Crippen LogP contribution is -2.26. The second kappa shape index (κ2) is 8.77. The molecule has 0 radical (unpaired) electrons. The number of hydrogen-bond acceptors (Lipinski definition) is 5. The number of aliphatic hydroxyl groups excluding tert-OH is 2. The molecule has 6 nitrogen and oxygen atoms in total. The van der Waals surface area contributed by atoms with Crippen molar-refractivity contribution in [3.63, 3.8) is 0 Å². The lowest BCUT2D eigenvalue weighted by molar-refractivity contribution is -0.286. The highest BCUT2D eigenvalue weighted by atomic mass is 19.3. The molecule has 1 aliphatic carbocycles. The van der Waals surface area contributed by atoms with Gasteiger partial charge >= 0.3 is 6.29 Å². The minimum atomic E-state index is -4.22. The summed E-state index contributed by atoms with van der Waals surface area (Å²) in [6, 6.07) is -5.03. The fraction of sp³-hybridized carbons (Fsp3) is 0.464. The number of hydrogen-bond donors (Lipinski definition) is 2. The normalized spacial score (nSPS) is 22.9. The highest BCUT2D eigenvalue weighted by molar-refractivity contribution is 5.95. The zero-order chi connectivity index (χ0) is 35.6. The van der Waals surface area contributed by atoms with E-state index in [1.165, 1.54) is 13.8 Å². The molecule has 2 heterocycles. The quantitative estimate of drug-likeness (QED) is 0.410. The molecule has 3 aromatic rings. The van der Waals surface area contributed by atoms with Gasteiger partial charge in [-0.3, -0.25) is 4.79 Å². The summed E-state index contributed by atoms with van der Waals surface area (Å²) < 4.78 is 138. The van der Waals surface area contributed by atoms with Gasteiger partial charge in [0, 0.05) is 25.7 Å². The number of ketones is 1. The molecule has 5 rings (SSSR count). The Kier molecular flexibility index (Phi) is 3.80. The minimum absolute atomic E-state index is 0.0345. The van der Waals surface area contributed by atoms with Gasteiger partial charge in [-0.15, -0.1) is 8.78 Å². The molecule has 198 valence electrons. The molecule has 2 aromatic carbocycles. The van der Waals surface area contributed by atoms with Gasteiger partial charge in [0.05, 0.1) is 41.1 Å². The molecule has 9 heteroatoms. The molecular weight excluding hydrogens is 487 g/mol. The standard InChI is InChI=1S/C28H30F3NO5/c1-4-26(2,3)24-10-17-9-16(20(29)13-21(17)32(24)14-19(34)15-33)11-25(35)27(7-8-27)18-5-6-22-23(12-18)37-28(30,31)36-22/h5-6,9-10,12-13,19,33-34H,4,7-8,11,14-15H2,1-3H3/t19-/m1/s1/i4D2,5D,6D,9D,10D,12D,13D,14D2. The average Bonchev–Trinajstić information content (AvgIpc) is 3.59. The third-order valence-electron chi connectivity index (χ3n) is 6.65. The number of aliphatic hydroxyl groups is 2.